The minimum Gasteiger partial charge on any atom is -0.481 e. The van der Waals surface area contributed by atoms with Crippen molar-refractivity contribution in [3.05, 3.63) is 33.1 Å². The van der Waals surface area contributed by atoms with Crippen LogP contribution in [0.25, 0.3) is 0 Å². The van der Waals surface area contributed by atoms with Gasteiger partial charge in [0.25, 0.3) is 5.91 Å². The minimum atomic E-state index is -0.953. The van der Waals surface area contributed by atoms with Crippen molar-refractivity contribution in [2.45, 2.75) is 19.8 Å². The van der Waals surface area contributed by atoms with E-state index in [-0.39, 0.29) is 12.1 Å². The number of benzene rings is 1. The molecule has 0 aliphatic rings. The topological polar surface area (TPSA) is 66.4 Å². The zero-order chi connectivity index (χ0) is 14.4. The van der Waals surface area contributed by atoms with Gasteiger partial charge in [-0.3, -0.25) is 9.59 Å². The molecule has 19 heavy (non-hydrogen) atoms. The molecule has 104 valence electrons. The van der Waals surface area contributed by atoms with Gasteiger partial charge in [0.2, 0.25) is 0 Å². The molecule has 2 N–H and O–H groups in total. The Kier molecular flexibility index (Phi) is 6.20. The molecule has 6 heteroatoms. The molecule has 1 amide bonds. The molecule has 0 bridgehead atoms. The van der Waals surface area contributed by atoms with Crippen LogP contribution in [-0.4, -0.2) is 23.5 Å². The Hall–Kier alpha value is -1.18. The van der Waals surface area contributed by atoms with Crippen LogP contribution in [0, 0.1) is 15.3 Å². The van der Waals surface area contributed by atoms with E-state index in [4.69, 9.17) is 5.11 Å². The van der Waals surface area contributed by atoms with Crippen molar-refractivity contribution in [1.29, 1.82) is 0 Å². The number of halogens is 2. The summed E-state index contributed by atoms with van der Waals surface area (Å²) in [6.45, 7) is 1.88. The number of nitrogens with one attached hydrogen (secondary N) is 1. The van der Waals surface area contributed by atoms with Gasteiger partial charge in [-0.05, 0) is 41.1 Å². The Labute approximate surface area is 124 Å². The summed E-state index contributed by atoms with van der Waals surface area (Å²) in [5.41, 5.74) is -0.0382. The Bertz CT molecular complexity index is 459. The van der Waals surface area contributed by atoms with Crippen LogP contribution in [0.15, 0.2) is 18.2 Å². The second-order valence-corrected chi connectivity index (χ2v) is 5.29. The van der Waals surface area contributed by atoms with Gasteiger partial charge in [-0.15, -0.1) is 0 Å². The fraction of sp³-hybridized carbons (Fsp3) is 0.385. The number of aliphatic carboxylic acids is 1. The van der Waals surface area contributed by atoms with E-state index in [2.05, 4.69) is 5.32 Å². The van der Waals surface area contributed by atoms with Gasteiger partial charge in [-0.1, -0.05) is 19.4 Å². The fourth-order valence-corrected chi connectivity index (χ4v) is 2.39. The highest BCUT2D eigenvalue weighted by Crippen LogP contribution is 2.16. The first-order valence-electron chi connectivity index (χ1n) is 5.92. The van der Waals surface area contributed by atoms with Crippen molar-refractivity contribution in [2.75, 3.05) is 6.54 Å². The van der Waals surface area contributed by atoms with Crippen molar-refractivity contribution in [3.8, 4) is 0 Å². The first kappa shape index (κ1) is 15.9. The van der Waals surface area contributed by atoms with Crippen molar-refractivity contribution < 1.29 is 19.1 Å². The summed E-state index contributed by atoms with van der Waals surface area (Å²) in [5, 5.41) is 11.5. The molecule has 0 radical (unpaired) electrons. The van der Waals surface area contributed by atoms with Crippen molar-refractivity contribution in [2.24, 2.45) is 5.92 Å². The Morgan fingerprint density at radius 1 is 1.47 bits per heavy atom. The van der Waals surface area contributed by atoms with E-state index in [0.717, 1.165) is 0 Å². The third kappa shape index (κ3) is 4.45. The van der Waals surface area contributed by atoms with Gasteiger partial charge in [0.15, 0.2) is 0 Å². The lowest BCUT2D eigenvalue weighted by molar-refractivity contribution is -0.141. The lowest BCUT2D eigenvalue weighted by Gasteiger charge is -2.13. The second kappa shape index (κ2) is 7.42. The maximum absolute atomic E-state index is 13.5. The van der Waals surface area contributed by atoms with E-state index in [1.54, 1.807) is 6.07 Å². The average molecular weight is 379 g/mol. The van der Waals surface area contributed by atoms with Crippen LogP contribution in [0.5, 0.6) is 0 Å². The van der Waals surface area contributed by atoms with Gasteiger partial charge in [0.05, 0.1) is 11.5 Å². The summed E-state index contributed by atoms with van der Waals surface area (Å²) in [6, 6.07) is 4.35. The molecule has 0 aromatic heterocycles. The van der Waals surface area contributed by atoms with E-state index in [9.17, 15) is 14.0 Å². The van der Waals surface area contributed by atoms with Gasteiger partial charge in [0, 0.05) is 10.1 Å². The molecule has 0 aliphatic carbocycles. The molecule has 4 nitrogen and oxygen atoms in total. The molecule has 1 atom stereocenters. The molecule has 1 aromatic carbocycles. The molecule has 1 aromatic rings. The molecule has 1 unspecified atom stereocenters. The summed E-state index contributed by atoms with van der Waals surface area (Å²) < 4.78 is 14.0. The maximum Gasteiger partial charge on any atom is 0.308 e. The largest absolute Gasteiger partial charge is 0.481 e. The van der Waals surface area contributed by atoms with E-state index in [1.165, 1.54) is 12.1 Å². The number of carbonyl (C=O) groups excluding carboxylic acids is 1. The average Bonchev–Trinajstić information content (AvgIpc) is 2.33. The van der Waals surface area contributed by atoms with Gasteiger partial charge in [-0.25, -0.2) is 4.39 Å². The van der Waals surface area contributed by atoms with Gasteiger partial charge in [0.1, 0.15) is 5.82 Å². The highest BCUT2D eigenvalue weighted by molar-refractivity contribution is 14.1. The van der Waals surface area contributed by atoms with Gasteiger partial charge in [-0.2, -0.15) is 0 Å². The highest BCUT2D eigenvalue weighted by Gasteiger charge is 2.20. The predicted molar refractivity (Wildman–Crippen MR) is 77.5 cm³/mol. The number of amides is 1. The second-order valence-electron chi connectivity index (χ2n) is 4.13. The normalized spacial score (nSPS) is 11.9. The van der Waals surface area contributed by atoms with Gasteiger partial charge < -0.3 is 10.4 Å². The lowest BCUT2D eigenvalue weighted by Crippen LogP contribution is -2.33. The molecule has 0 saturated carbocycles. The maximum atomic E-state index is 13.5. The monoisotopic (exact) mass is 379 g/mol. The molecule has 0 heterocycles. The molecule has 0 fully saturated rings. The van der Waals surface area contributed by atoms with E-state index >= 15 is 0 Å². The van der Waals surface area contributed by atoms with Crippen LogP contribution in [0.2, 0.25) is 0 Å². The third-order valence-corrected chi connectivity index (χ3v) is 3.58. The molecular formula is C13H15FINO3. The van der Waals surface area contributed by atoms with Crippen LogP contribution >= 0.6 is 22.6 Å². The van der Waals surface area contributed by atoms with Gasteiger partial charge >= 0.3 is 5.97 Å². The first-order valence-corrected chi connectivity index (χ1v) is 7.00. The zero-order valence-electron chi connectivity index (χ0n) is 10.5. The number of rotatable bonds is 6. The zero-order valence-corrected chi connectivity index (χ0v) is 12.6. The summed E-state index contributed by atoms with van der Waals surface area (Å²) in [7, 11) is 0. The van der Waals surface area contributed by atoms with Crippen molar-refractivity contribution >= 4 is 34.5 Å². The Balaban J connectivity index is 2.72. The molecule has 0 aliphatic heterocycles. The van der Waals surface area contributed by atoms with Crippen molar-refractivity contribution in [3.63, 3.8) is 0 Å². The number of carboxylic acids is 1. The first-order chi connectivity index (χ1) is 8.97. The summed E-state index contributed by atoms with van der Waals surface area (Å²) in [4.78, 5) is 22.8. The molecular weight excluding hydrogens is 364 g/mol. The summed E-state index contributed by atoms with van der Waals surface area (Å²) in [5.74, 6) is -2.78. The van der Waals surface area contributed by atoms with Crippen LogP contribution in [0.3, 0.4) is 0 Å². The summed E-state index contributed by atoms with van der Waals surface area (Å²) >= 11 is 1.87. The Morgan fingerprint density at radius 3 is 2.68 bits per heavy atom. The number of carbonyl (C=O) groups is 2. The lowest BCUT2D eigenvalue weighted by atomic mass is 10.0. The predicted octanol–water partition coefficient (Wildman–Crippen LogP) is 2.66. The highest BCUT2D eigenvalue weighted by atomic mass is 127. The number of hydrogen-bond donors (Lipinski definition) is 2. The Morgan fingerprint density at radius 2 is 2.16 bits per heavy atom. The van der Waals surface area contributed by atoms with E-state index in [0.29, 0.717) is 16.4 Å². The quantitative estimate of drug-likeness (QED) is 0.747. The van der Waals surface area contributed by atoms with Crippen LogP contribution in [-0.2, 0) is 4.79 Å². The smallest absolute Gasteiger partial charge is 0.308 e. The third-order valence-electron chi connectivity index (χ3n) is 2.69. The van der Waals surface area contributed by atoms with Crippen LogP contribution in [0.1, 0.15) is 30.1 Å². The summed E-state index contributed by atoms with van der Waals surface area (Å²) in [6.07, 6.45) is 1.19. The SMILES string of the molecule is CCCC(CNC(=O)c1c(F)cccc1I)C(=O)O. The van der Waals surface area contributed by atoms with E-state index < -0.39 is 23.6 Å². The van der Waals surface area contributed by atoms with Crippen LogP contribution in [0.4, 0.5) is 4.39 Å². The minimum absolute atomic E-state index is 0.00637. The number of hydrogen-bond acceptors (Lipinski definition) is 2. The fourth-order valence-electron chi connectivity index (χ4n) is 1.68. The molecule has 1 rings (SSSR count). The van der Waals surface area contributed by atoms with Crippen LogP contribution < -0.4 is 5.32 Å². The molecule has 0 saturated heterocycles. The van der Waals surface area contributed by atoms with Crippen molar-refractivity contribution in [1.82, 2.24) is 5.32 Å². The van der Waals surface area contributed by atoms with E-state index in [1.807, 2.05) is 29.5 Å². The molecule has 0 spiro atoms. The number of carboxylic acid groups (broad SMARTS) is 1. The standard InChI is InChI=1S/C13H15FINO3/c1-2-4-8(13(18)19)7-16-12(17)11-9(14)5-3-6-10(11)15/h3,5-6,8H,2,4,7H2,1H3,(H,16,17)(H,18,19).